The van der Waals surface area contributed by atoms with E-state index in [4.69, 9.17) is 15.9 Å². The van der Waals surface area contributed by atoms with Crippen molar-refractivity contribution in [2.45, 2.75) is 44.0 Å². The van der Waals surface area contributed by atoms with Crippen LogP contribution in [0.5, 0.6) is 0 Å². The average molecular weight is 477 g/mol. The lowest BCUT2D eigenvalue weighted by Gasteiger charge is -2.25. The summed E-state index contributed by atoms with van der Waals surface area (Å²) < 4.78 is 0. The summed E-state index contributed by atoms with van der Waals surface area (Å²) in [6.45, 7) is 0.499. The van der Waals surface area contributed by atoms with Crippen LogP contribution in [-0.2, 0) is 30.4 Å². The Hall–Kier alpha value is -3.97. The van der Waals surface area contributed by atoms with Crippen LogP contribution in [-0.4, -0.2) is 80.7 Å². The van der Waals surface area contributed by atoms with Crippen LogP contribution >= 0.6 is 0 Å². The number of rotatable bonds is 12. The molecule has 2 rings (SSSR count). The van der Waals surface area contributed by atoms with Gasteiger partial charge >= 0.3 is 11.9 Å². The number of nitrogens with one attached hydrogen (secondary N) is 4. The molecule has 0 aliphatic carbocycles. The van der Waals surface area contributed by atoms with Gasteiger partial charge < -0.3 is 42.0 Å². The lowest BCUT2D eigenvalue weighted by atomic mass is 10.0. The SMILES string of the molecule is CC(O)C(NC(=O)C(Cc1c[nH]c2ccccc12)NC(=O)C(N)CC(=O)O)C(=O)NCC(=O)O. The standard InChI is InChI=1S/C21H27N5O8/c1-10(27)18(21(34)24-9-17(30)31)26-20(33)15(25-19(32)13(22)7-16(28)29)6-11-8-23-14-5-3-2-4-12(11)14/h2-5,8,10,13,15,18,23,27H,6-7,9,22H2,1H3,(H,24,34)(H,25,32)(H,26,33)(H,28,29)(H,30,31). The van der Waals surface area contributed by atoms with Gasteiger partial charge in [0.2, 0.25) is 17.7 Å². The van der Waals surface area contributed by atoms with Gasteiger partial charge in [0.25, 0.3) is 0 Å². The van der Waals surface area contributed by atoms with Gasteiger partial charge in [0.1, 0.15) is 18.6 Å². The highest BCUT2D eigenvalue weighted by Gasteiger charge is 2.31. The molecule has 9 N–H and O–H groups in total. The minimum absolute atomic E-state index is 0.0509. The molecule has 1 aromatic carbocycles. The molecule has 184 valence electrons. The summed E-state index contributed by atoms with van der Waals surface area (Å²) in [4.78, 5) is 62.4. The highest BCUT2D eigenvalue weighted by atomic mass is 16.4. The summed E-state index contributed by atoms with van der Waals surface area (Å²) in [6.07, 6.45) is -0.470. The lowest BCUT2D eigenvalue weighted by Crippen LogP contribution is -2.59. The van der Waals surface area contributed by atoms with Gasteiger partial charge in [0.15, 0.2) is 0 Å². The molecule has 1 aromatic heterocycles. The average Bonchev–Trinajstić information content (AvgIpc) is 3.17. The van der Waals surface area contributed by atoms with Gasteiger partial charge in [-0.05, 0) is 18.6 Å². The number of aliphatic hydroxyl groups is 1. The Morgan fingerprint density at radius 2 is 1.68 bits per heavy atom. The third kappa shape index (κ3) is 7.28. The summed E-state index contributed by atoms with van der Waals surface area (Å²) in [5.41, 5.74) is 7.03. The van der Waals surface area contributed by atoms with E-state index >= 15 is 0 Å². The Bertz CT molecular complexity index is 1070. The van der Waals surface area contributed by atoms with Crippen molar-refractivity contribution in [2.24, 2.45) is 5.73 Å². The number of carboxylic acids is 2. The lowest BCUT2D eigenvalue weighted by molar-refractivity contribution is -0.140. The first kappa shape index (κ1) is 26.3. The minimum atomic E-state index is -1.51. The molecule has 2 aromatic rings. The molecule has 4 unspecified atom stereocenters. The van der Waals surface area contributed by atoms with E-state index in [0.29, 0.717) is 5.56 Å². The number of aliphatic hydroxyl groups excluding tert-OH is 1. The number of nitrogens with two attached hydrogens (primary N) is 1. The fraction of sp³-hybridized carbons (Fsp3) is 0.381. The maximum Gasteiger partial charge on any atom is 0.322 e. The Kier molecular flexibility index (Phi) is 9.10. The smallest absolute Gasteiger partial charge is 0.322 e. The Labute approximate surface area is 193 Å². The molecule has 0 spiro atoms. The zero-order valence-electron chi connectivity index (χ0n) is 18.3. The van der Waals surface area contributed by atoms with Crippen LogP contribution in [0.4, 0.5) is 0 Å². The van der Waals surface area contributed by atoms with Crippen molar-refractivity contribution in [1.82, 2.24) is 20.9 Å². The summed E-state index contributed by atoms with van der Waals surface area (Å²) in [7, 11) is 0. The number of aromatic amines is 1. The largest absolute Gasteiger partial charge is 0.481 e. The van der Waals surface area contributed by atoms with Crippen LogP contribution in [0.1, 0.15) is 18.9 Å². The van der Waals surface area contributed by atoms with E-state index in [0.717, 1.165) is 10.9 Å². The van der Waals surface area contributed by atoms with E-state index < -0.39 is 66.9 Å². The van der Waals surface area contributed by atoms with E-state index in [1.165, 1.54) is 6.92 Å². The number of hydrogen-bond donors (Lipinski definition) is 8. The van der Waals surface area contributed by atoms with Crippen LogP contribution in [0, 0.1) is 0 Å². The molecular weight excluding hydrogens is 450 g/mol. The molecule has 3 amide bonds. The molecule has 4 atom stereocenters. The van der Waals surface area contributed by atoms with Gasteiger partial charge in [0, 0.05) is 23.5 Å². The monoisotopic (exact) mass is 477 g/mol. The highest BCUT2D eigenvalue weighted by Crippen LogP contribution is 2.19. The van der Waals surface area contributed by atoms with Crippen molar-refractivity contribution in [3.05, 3.63) is 36.0 Å². The van der Waals surface area contributed by atoms with Crippen molar-refractivity contribution in [2.75, 3.05) is 6.54 Å². The zero-order valence-corrected chi connectivity index (χ0v) is 18.3. The first-order valence-electron chi connectivity index (χ1n) is 10.3. The third-order valence-electron chi connectivity index (χ3n) is 4.94. The molecule has 0 aliphatic heterocycles. The number of benzene rings is 1. The fourth-order valence-corrected chi connectivity index (χ4v) is 3.22. The van der Waals surface area contributed by atoms with Gasteiger partial charge in [0.05, 0.1) is 18.6 Å². The number of carboxylic acid groups (broad SMARTS) is 2. The molecule has 34 heavy (non-hydrogen) atoms. The number of amides is 3. The van der Waals surface area contributed by atoms with Crippen molar-refractivity contribution >= 4 is 40.6 Å². The summed E-state index contributed by atoms with van der Waals surface area (Å²) >= 11 is 0. The van der Waals surface area contributed by atoms with Crippen LogP contribution in [0.15, 0.2) is 30.5 Å². The Morgan fingerprint density at radius 1 is 1.00 bits per heavy atom. The number of para-hydroxylation sites is 1. The molecule has 0 aliphatic rings. The first-order chi connectivity index (χ1) is 16.0. The predicted molar refractivity (Wildman–Crippen MR) is 118 cm³/mol. The second kappa shape index (κ2) is 11.8. The van der Waals surface area contributed by atoms with Gasteiger partial charge in [-0.2, -0.15) is 0 Å². The van der Waals surface area contributed by atoms with E-state index in [9.17, 15) is 29.1 Å². The maximum absolute atomic E-state index is 13.0. The predicted octanol–water partition coefficient (Wildman–Crippen LogP) is -1.94. The van der Waals surface area contributed by atoms with Gasteiger partial charge in [-0.3, -0.25) is 24.0 Å². The highest BCUT2D eigenvalue weighted by molar-refractivity contribution is 5.95. The molecule has 1 heterocycles. The van der Waals surface area contributed by atoms with Crippen LogP contribution in [0.25, 0.3) is 10.9 Å². The number of carbonyl (C=O) groups excluding carboxylic acids is 3. The van der Waals surface area contributed by atoms with Crippen LogP contribution in [0.2, 0.25) is 0 Å². The van der Waals surface area contributed by atoms with E-state index in [2.05, 4.69) is 20.9 Å². The second-order valence-electron chi connectivity index (χ2n) is 7.67. The van der Waals surface area contributed by atoms with Crippen molar-refractivity contribution in [3.8, 4) is 0 Å². The van der Waals surface area contributed by atoms with Crippen LogP contribution < -0.4 is 21.7 Å². The first-order valence-corrected chi connectivity index (χ1v) is 10.3. The van der Waals surface area contributed by atoms with E-state index in [-0.39, 0.29) is 6.42 Å². The molecule has 0 bridgehead atoms. The number of H-pyrrole nitrogens is 1. The van der Waals surface area contributed by atoms with Crippen molar-refractivity contribution < 1.29 is 39.3 Å². The molecular formula is C21H27N5O8. The van der Waals surface area contributed by atoms with Gasteiger partial charge in [-0.15, -0.1) is 0 Å². The number of aromatic nitrogens is 1. The zero-order chi connectivity index (χ0) is 25.4. The summed E-state index contributed by atoms with van der Waals surface area (Å²) in [5, 5.41) is 35.1. The second-order valence-corrected chi connectivity index (χ2v) is 7.67. The number of fused-ring (bicyclic) bond motifs is 1. The quantitative estimate of drug-likeness (QED) is 0.170. The van der Waals surface area contributed by atoms with Gasteiger partial charge in [-0.25, -0.2) is 0 Å². The Balaban J connectivity index is 2.26. The summed E-state index contributed by atoms with van der Waals surface area (Å²) in [5.74, 6) is -5.32. The third-order valence-corrected chi connectivity index (χ3v) is 4.94. The Morgan fingerprint density at radius 3 is 2.29 bits per heavy atom. The number of carbonyl (C=O) groups is 5. The fourth-order valence-electron chi connectivity index (χ4n) is 3.22. The van der Waals surface area contributed by atoms with Crippen molar-refractivity contribution in [1.29, 1.82) is 0 Å². The maximum atomic E-state index is 13.0. The molecule has 0 saturated carbocycles. The molecule has 0 radical (unpaired) electrons. The minimum Gasteiger partial charge on any atom is -0.481 e. The molecule has 0 fully saturated rings. The molecule has 13 nitrogen and oxygen atoms in total. The number of aliphatic carboxylic acids is 2. The normalized spacial score (nSPS) is 14.4. The number of hydrogen-bond acceptors (Lipinski definition) is 7. The molecule has 13 heteroatoms. The summed E-state index contributed by atoms with van der Waals surface area (Å²) in [6, 6.07) is 2.97. The van der Waals surface area contributed by atoms with Crippen LogP contribution in [0.3, 0.4) is 0 Å². The molecule has 0 saturated heterocycles. The van der Waals surface area contributed by atoms with Gasteiger partial charge in [-0.1, -0.05) is 18.2 Å². The van der Waals surface area contributed by atoms with E-state index in [1.807, 2.05) is 12.1 Å². The van der Waals surface area contributed by atoms with Crippen molar-refractivity contribution in [3.63, 3.8) is 0 Å². The topological polar surface area (TPSA) is 224 Å². The van der Waals surface area contributed by atoms with E-state index in [1.54, 1.807) is 18.3 Å².